The monoisotopic (exact) mass is 153 g/mol. The van der Waals surface area contributed by atoms with Crippen LogP contribution >= 0.6 is 0 Å². The average Bonchev–Trinajstić information content (AvgIpc) is 1.84. The lowest BCUT2D eigenvalue weighted by Crippen LogP contribution is -1.99. The van der Waals surface area contributed by atoms with Crippen LogP contribution in [0.4, 0.5) is 0 Å². The molecule has 0 rings (SSSR count). The van der Waals surface area contributed by atoms with Crippen molar-refractivity contribution in [3.8, 4) is 0 Å². The Bertz CT molecular complexity index is 154. The van der Waals surface area contributed by atoms with E-state index in [4.69, 9.17) is 5.73 Å². The summed E-state index contributed by atoms with van der Waals surface area (Å²) in [6, 6.07) is 0. The van der Waals surface area contributed by atoms with Crippen LogP contribution in [-0.4, -0.2) is 0 Å². The molecule has 0 aromatic rings. The van der Waals surface area contributed by atoms with Crippen molar-refractivity contribution in [3.63, 3.8) is 0 Å². The van der Waals surface area contributed by atoms with Crippen molar-refractivity contribution >= 4 is 0 Å². The first-order valence-electron chi connectivity index (χ1n) is 4.13. The van der Waals surface area contributed by atoms with Crippen molar-refractivity contribution in [3.05, 3.63) is 23.9 Å². The molecule has 0 heterocycles. The van der Waals surface area contributed by atoms with Crippen LogP contribution < -0.4 is 5.73 Å². The predicted octanol–water partition coefficient (Wildman–Crippen LogP) is 2.84. The topological polar surface area (TPSA) is 26.0 Å². The van der Waals surface area contributed by atoms with E-state index in [1.807, 2.05) is 0 Å². The van der Waals surface area contributed by atoms with E-state index >= 15 is 0 Å². The number of hydrogen-bond donors (Lipinski definition) is 1. The summed E-state index contributed by atoms with van der Waals surface area (Å²) < 4.78 is 0. The minimum absolute atomic E-state index is 0.709. The quantitative estimate of drug-likeness (QED) is 0.617. The molecular weight excluding hydrogens is 134 g/mol. The van der Waals surface area contributed by atoms with Gasteiger partial charge in [0.2, 0.25) is 0 Å². The van der Waals surface area contributed by atoms with Crippen LogP contribution in [0.25, 0.3) is 0 Å². The Labute approximate surface area is 70.0 Å². The van der Waals surface area contributed by atoms with Crippen molar-refractivity contribution < 1.29 is 0 Å². The molecule has 0 unspecified atom stereocenters. The molecule has 1 nitrogen and oxygen atoms in total. The Kier molecular flexibility index (Phi) is 4.67. The lowest BCUT2D eigenvalue weighted by Gasteiger charge is -2.08. The van der Waals surface area contributed by atoms with Crippen LogP contribution in [-0.2, 0) is 0 Å². The van der Waals surface area contributed by atoms with E-state index < -0.39 is 0 Å². The molecule has 0 amide bonds. The molecule has 0 saturated carbocycles. The molecule has 0 radical (unpaired) electrons. The zero-order valence-electron chi connectivity index (χ0n) is 7.85. The fraction of sp³-hybridized carbons (Fsp3) is 0.600. The summed E-state index contributed by atoms with van der Waals surface area (Å²) >= 11 is 0. The van der Waals surface area contributed by atoms with E-state index in [1.54, 1.807) is 0 Å². The molecule has 64 valence electrons. The predicted molar refractivity (Wildman–Crippen MR) is 51.2 cm³/mol. The van der Waals surface area contributed by atoms with Gasteiger partial charge in [-0.05, 0) is 19.3 Å². The molecule has 0 bridgehead atoms. The molecule has 0 atom stereocenters. The zero-order valence-corrected chi connectivity index (χ0v) is 7.85. The third-order valence-electron chi connectivity index (χ3n) is 1.53. The fourth-order valence-electron chi connectivity index (χ4n) is 1.11. The third-order valence-corrected chi connectivity index (χ3v) is 1.53. The first-order chi connectivity index (χ1) is 5.06. The minimum atomic E-state index is 0.709. The van der Waals surface area contributed by atoms with E-state index in [0.29, 0.717) is 5.92 Å². The molecule has 0 aliphatic carbocycles. The molecule has 0 saturated heterocycles. The second-order valence-electron chi connectivity index (χ2n) is 3.38. The maximum absolute atomic E-state index is 5.51. The highest BCUT2D eigenvalue weighted by molar-refractivity contribution is 5.10. The van der Waals surface area contributed by atoms with Gasteiger partial charge in [0.15, 0.2) is 0 Å². The van der Waals surface area contributed by atoms with E-state index in [-0.39, 0.29) is 0 Å². The molecule has 0 fully saturated rings. The highest BCUT2D eigenvalue weighted by Crippen LogP contribution is 2.15. The van der Waals surface area contributed by atoms with Crippen LogP contribution in [0.5, 0.6) is 0 Å². The van der Waals surface area contributed by atoms with Crippen LogP contribution in [0.3, 0.4) is 0 Å². The molecule has 0 aromatic heterocycles. The average molecular weight is 153 g/mol. The van der Waals surface area contributed by atoms with Gasteiger partial charge in [-0.15, -0.1) is 0 Å². The normalized spacial score (nSPS) is 12.2. The minimum Gasteiger partial charge on any atom is -0.402 e. The molecule has 2 N–H and O–H groups in total. The summed E-state index contributed by atoms with van der Waals surface area (Å²) in [5, 5.41) is 0. The van der Waals surface area contributed by atoms with Crippen molar-refractivity contribution in [2.45, 2.75) is 33.6 Å². The van der Waals surface area contributed by atoms with Crippen LogP contribution in [0.2, 0.25) is 0 Å². The van der Waals surface area contributed by atoms with Gasteiger partial charge in [0.1, 0.15) is 0 Å². The largest absolute Gasteiger partial charge is 0.402 e. The molecule has 11 heavy (non-hydrogen) atoms. The smallest absolute Gasteiger partial charge is 0.00735 e. The van der Waals surface area contributed by atoms with Crippen LogP contribution in [0.15, 0.2) is 23.9 Å². The maximum atomic E-state index is 5.51. The van der Waals surface area contributed by atoms with Gasteiger partial charge in [-0.25, -0.2) is 0 Å². The van der Waals surface area contributed by atoms with Gasteiger partial charge < -0.3 is 5.73 Å². The van der Waals surface area contributed by atoms with Crippen LogP contribution in [0, 0.1) is 5.92 Å². The fourth-order valence-corrected chi connectivity index (χ4v) is 1.11. The molecule has 0 aromatic carbocycles. The Morgan fingerprint density at radius 3 is 2.36 bits per heavy atom. The lowest BCUT2D eigenvalue weighted by atomic mass is 9.99. The van der Waals surface area contributed by atoms with Gasteiger partial charge >= 0.3 is 0 Å². The molecule has 0 spiro atoms. The second-order valence-corrected chi connectivity index (χ2v) is 3.38. The SMILES string of the molecule is C=C(N)C/C(=C\C)CC(C)C. The highest BCUT2D eigenvalue weighted by atomic mass is 14.6. The second kappa shape index (κ2) is 5.00. The van der Waals surface area contributed by atoms with Gasteiger partial charge in [0.05, 0.1) is 0 Å². The number of hydrogen-bond acceptors (Lipinski definition) is 1. The van der Waals surface area contributed by atoms with Crippen LogP contribution in [0.1, 0.15) is 33.6 Å². The lowest BCUT2D eigenvalue weighted by molar-refractivity contribution is 0.631. The van der Waals surface area contributed by atoms with E-state index in [1.165, 1.54) is 5.57 Å². The van der Waals surface area contributed by atoms with Gasteiger partial charge in [-0.1, -0.05) is 32.1 Å². The maximum Gasteiger partial charge on any atom is 0.00735 e. The number of rotatable bonds is 4. The first-order valence-corrected chi connectivity index (χ1v) is 4.13. The Balaban J connectivity index is 3.88. The zero-order chi connectivity index (χ0) is 8.85. The Hall–Kier alpha value is -0.720. The summed E-state index contributed by atoms with van der Waals surface area (Å²) in [6.07, 6.45) is 4.12. The Morgan fingerprint density at radius 2 is 2.09 bits per heavy atom. The number of nitrogens with two attached hydrogens (primary N) is 1. The number of allylic oxidation sites excluding steroid dienone is 2. The summed E-state index contributed by atoms with van der Waals surface area (Å²) in [5.74, 6) is 0.709. The van der Waals surface area contributed by atoms with E-state index in [9.17, 15) is 0 Å². The highest BCUT2D eigenvalue weighted by Gasteiger charge is 2.00. The van der Waals surface area contributed by atoms with E-state index in [0.717, 1.165) is 18.5 Å². The first kappa shape index (κ1) is 10.3. The van der Waals surface area contributed by atoms with Crippen molar-refractivity contribution in [1.29, 1.82) is 0 Å². The summed E-state index contributed by atoms with van der Waals surface area (Å²) in [5.41, 5.74) is 7.67. The van der Waals surface area contributed by atoms with Gasteiger partial charge in [0, 0.05) is 12.1 Å². The molecule has 0 aliphatic rings. The Morgan fingerprint density at radius 1 is 1.55 bits per heavy atom. The van der Waals surface area contributed by atoms with Crippen molar-refractivity contribution in [2.24, 2.45) is 11.7 Å². The summed E-state index contributed by atoms with van der Waals surface area (Å²) in [7, 11) is 0. The van der Waals surface area contributed by atoms with E-state index in [2.05, 4.69) is 33.4 Å². The van der Waals surface area contributed by atoms with Crippen molar-refractivity contribution in [1.82, 2.24) is 0 Å². The van der Waals surface area contributed by atoms with Gasteiger partial charge in [-0.3, -0.25) is 0 Å². The van der Waals surface area contributed by atoms with Crippen molar-refractivity contribution in [2.75, 3.05) is 0 Å². The molecule has 0 aliphatic heterocycles. The van der Waals surface area contributed by atoms with Gasteiger partial charge in [-0.2, -0.15) is 0 Å². The standard InChI is InChI=1S/C10H19N/c1-5-10(6-8(2)3)7-9(4)11/h5,8H,4,6-7,11H2,1-3H3/b10-5-. The molecular formula is C10H19N. The molecule has 1 heteroatoms. The summed E-state index contributed by atoms with van der Waals surface area (Å²) in [6.45, 7) is 10.2. The summed E-state index contributed by atoms with van der Waals surface area (Å²) in [4.78, 5) is 0. The third kappa shape index (κ3) is 5.71. The van der Waals surface area contributed by atoms with Gasteiger partial charge in [0.25, 0.3) is 0 Å².